The van der Waals surface area contributed by atoms with Gasteiger partial charge in [-0.2, -0.15) is 0 Å². The number of phosphoric acid groups is 1. The van der Waals surface area contributed by atoms with E-state index >= 15 is 0 Å². The van der Waals surface area contributed by atoms with Gasteiger partial charge in [-0.3, -0.25) is 14.1 Å². The van der Waals surface area contributed by atoms with E-state index in [-0.39, 0.29) is 26.1 Å². The number of rotatable bonds is 36. The van der Waals surface area contributed by atoms with Crippen LogP contribution in [0.1, 0.15) is 168 Å². The van der Waals surface area contributed by atoms with Gasteiger partial charge in [0.15, 0.2) is 6.10 Å². The summed E-state index contributed by atoms with van der Waals surface area (Å²) in [7, 11) is -4.77. The molecule has 0 spiro atoms. The fourth-order valence-corrected chi connectivity index (χ4v) is 5.71. The minimum absolute atomic E-state index is 0.126. The van der Waals surface area contributed by atoms with E-state index in [0.717, 1.165) is 63.7 Å². The van der Waals surface area contributed by atoms with Crippen molar-refractivity contribution in [1.29, 1.82) is 0 Å². The molecule has 0 amide bonds. The van der Waals surface area contributed by atoms with Crippen molar-refractivity contribution in [3.63, 3.8) is 0 Å². The van der Waals surface area contributed by atoms with E-state index in [4.69, 9.17) is 24.4 Å². The first-order valence-electron chi connectivity index (χ1n) is 19.9. The van der Waals surface area contributed by atoms with Crippen LogP contribution in [0.5, 0.6) is 0 Å². The van der Waals surface area contributed by atoms with Crippen LogP contribution in [-0.2, 0) is 28.2 Å². The molecule has 0 aliphatic heterocycles. The maximum atomic E-state index is 12.4. The zero-order valence-corrected chi connectivity index (χ0v) is 33.0. The lowest BCUT2D eigenvalue weighted by molar-refractivity contribution is -0.161. The maximum Gasteiger partial charge on any atom is 0.469 e. The molecule has 0 unspecified atom stereocenters. The molecule has 0 saturated carbocycles. The normalized spacial score (nSPS) is 13.1. The highest BCUT2D eigenvalue weighted by molar-refractivity contribution is 7.46. The van der Waals surface area contributed by atoms with Crippen LogP contribution < -0.4 is 0 Å². The first-order valence-corrected chi connectivity index (χ1v) is 21.4. The zero-order chi connectivity index (χ0) is 37.7. The third-order valence-corrected chi connectivity index (χ3v) is 8.82. The summed E-state index contributed by atoms with van der Waals surface area (Å²) in [6.07, 6.45) is 40.0. The molecule has 3 N–H and O–H groups in total. The summed E-state index contributed by atoms with van der Waals surface area (Å²) in [6.45, 7) is 3.97. The Labute approximate surface area is 310 Å². The molecule has 1 atom stereocenters. The molecule has 0 aromatic rings. The molecule has 9 nitrogen and oxygen atoms in total. The van der Waals surface area contributed by atoms with Gasteiger partial charge in [-0.15, -0.1) is 0 Å². The second-order valence-electron chi connectivity index (χ2n) is 13.8. The summed E-state index contributed by atoms with van der Waals surface area (Å²) in [6, 6.07) is 0. The molecule has 296 valence electrons. The van der Waals surface area contributed by atoms with Gasteiger partial charge in [-0.05, 0) is 63.7 Å². The lowest BCUT2D eigenvalue weighted by atomic mass is 10.0. The van der Waals surface area contributed by atoms with Crippen molar-refractivity contribution in [3.05, 3.63) is 48.6 Å². The van der Waals surface area contributed by atoms with E-state index in [1.165, 1.54) is 64.2 Å². The largest absolute Gasteiger partial charge is 0.469 e. The molecule has 0 radical (unpaired) electrons. The lowest BCUT2D eigenvalue weighted by Gasteiger charge is -2.18. The van der Waals surface area contributed by atoms with E-state index in [1.54, 1.807) is 0 Å². The molecule has 0 aromatic carbocycles. The number of carbonyl (C=O) groups excluding carboxylic acids is 2. The van der Waals surface area contributed by atoms with Gasteiger partial charge in [0.25, 0.3) is 0 Å². The Balaban J connectivity index is 4.04. The van der Waals surface area contributed by atoms with Crippen molar-refractivity contribution in [2.75, 3.05) is 19.8 Å². The van der Waals surface area contributed by atoms with Crippen molar-refractivity contribution in [3.8, 4) is 0 Å². The predicted octanol–water partition coefficient (Wildman–Crippen LogP) is 10.8. The molecule has 0 bridgehead atoms. The first-order chi connectivity index (χ1) is 24.6. The van der Waals surface area contributed by atoms with Crippen molar-refractivity contribution in [1.82, 2.24) is 0 Å². The van der Waals surface area contributed by atoms with Crippen molar-refractivity contribution in [2.45, 2.75) is 174 Å². The van der Waals surface area contributed by atoms with E-state index in [1.807, 2.05) is 12.2 Å². The minimum Gasteiger partial charge on any atom is -0.462 e. The monoisotopic (exact) mass is 740 g/mol. The standard InChI is InChI=1S/C41H73O9P/c1-38(2)32-28-24-20-16-12-9-10-13-17-21-25-29-33-40(43)48-36-39(37-49-51(45,46)47)50-41(44)34-30-26-22-18-14-8-6-4-3-5-7-11-15-19-23-27-31-35-42/h3,5-6,8,11,15,18,22,38-39,42H,4,7,9-10,12-14,16-17,19-21,23-37H2,1-2H3,(H2,45,46,47)/b5-3-,8-6-,15-11-,22-18-/t39-/m1/s1. The minimum atomic E-state index is -4.77. The molecule has 0 saturated heterocycles. The Kier molecular flexibility index (Phi) is 34.9. The van der Waals surface area contributed by atoms with Gasteiger partial charge in [-0.25, -0.2) is 4.57 Å². The van der Waals surface area contributed by atoms with Crippen LogP contribution in [0.3, 0.4) is 0 Å². The van der Waals surface area contributed by atoms with E-state index in [0.29, 0.717) is 19.3 Å². The third kappa shape index (κ3) is 40.6. The SMILES string of the molecule is CC(C)CCCCCCCCCCCCCCC(=O)OC[C@H](COP(=O)(O)O)OC(=O)CCC/C=C\C/C=C\C/C=C\C/C=C\CCCCCO. The van der Waals surface area contributed by atoms with Crippen molar-refractivity contribution in [2.24, 2.45) is 5.92 Å². The number of carbonyl (C=O) groups is 2. The summed E-state index contributed by atoms with van der Waals surface area (Å²) in [4.78, 5) is 42.7. The summed E-state index contributed by atoms with van der Waals surface area (Å²) >= 11 is 0. The van der Waals surface area contributed by atoms with Gasteiger partial charge in [-0.1, -0.05) is 146 Å². The van der Waals surface area contributed by atoms with Gasteiger partial charge in [0.2, 0.25) is 0 Å². The number of hydrogen-bond donors (Lipinski definition) is 3. The number of aliphatic hydroxyl groups is 1. The van der Waals surface area contributed by atoms with Gasteiger partial charge >= 0.3 is 19.8 Å². The highest BCUT2D eigenvalue weighted by Gasteiger charge is 2.22. The smallest absolute Gasteiger partial charge is 0.462 e. The van der Waals surface area contributed by atoms with E-state index in [9.17, 15) is 14.2 Å². The number of esters is 2. The molecule has 0 heterocycles. The molecular weight excluding hydrogens is 667 g/mol. The molecule has 0 aliphatic carbocycles. The summed E-state index contributed by atoms with van der Waals surface area (Å²) in [5.41, 5.74) is 0. The number of ether oxygens (including phenoxy) is 2. The Morgan fingerprint density at radius 1 is 0.569 bits per heavy atom. The number of unbranched alkanes of at least 4 members (excludes halogenated alkanes) is 15. The second kappa shape index (κ2) is 36.3. The Bertz CT molecular complexity index is 984. The number of aliphatic hydroxyl groups excluding tert-OH is 1. The van der Waals surface area contributed by atoms with Crippen LogP contribution in [-0.4, -0.2) is 52.8 Å². The number of allylic oxidation sites excluding steroid dienone is 8. The van der Waals surface area contributed by atoms with Crippen LogP contribution in [0.15, 0.2) is 48.6 Å². The zero-order valence-electron chi connectivity index (χ0n) is 32.1. The second-order valence-corrected chi connectivity index (χ2v) is 15.1. The maximum absolute atomic E-state index is 12.4. The molecule has 0 fully saturated rings. The van der Waals surface area contributed by atoms with Crippen LogP contribution >= 0.6 is 7.82 Å². The van der Waals surface area contributed by atoms with Gasteiger partial charge < -0.3 is 24.4 Å². The summed E-state index contributed by atoms with van der Waals surface area (Å²) in [5, 5.41) is 8.77. The molecule has 0 aromatic heterocycles. The Morgan fingerprint density at radius 2 is 1.02 bits per heavy atom. The lowest BCUT2D eigenvalue weighted by Crippen LogP contribution is -2.29. The highest BCUT2D eigenvalue weighted by Crippen LogP contribution is 2.36. The molecule has 0 aliphatic rings. The highest BCUT2D eigenvalue weighted by atomic mass is 31.2. The van der Waals surface area contributed by atoms with Gasteiger partial charge in [0.05, 0.1) is 6.61 Å². The van der Waals surface area contributed by atoms with Crippen LogP contribution in [0, 0.1) is 5.92 Å². The molecule has 0 rings (SSSR count). The Hall–Kier alpha value is -2.03. The molecule has 10 heteroatoms. The third-order valence-electron chi connectivity index (χ3n) is 8.33. The average Bonchev–Trinajstić information content (AvgIpc) is 3.08. The number of hydrogen-bond acceptors (Lipinski definition) is 7. The molecule has 51 heavy (non-hydrogen) atoms. The van der Waals surface area contributed by atoms with Gasteiger partial charge in [0, 0.05) is 19.4 Å². The first kappa shape index (κ1) is 49.0. The fraction of sp³-hybridized carbons (Fsp3) is 0.756. The average molecular weight is 741 g/mol. The van der Waals surface area contributed by atoms with Gasteiger partial charge in [0.1, 0.15) is 6.61 Å². The van der Waals surface area contributed by atoms with Crippen LogP contribution in [0.25, 0.3) is 0 Å². The Morgan fingerprint density at radius 3 is 1.53 bits per heavy atom. The fourth-order valence-electron chi connectivity index (χ4n) is 5.35. The van der Waals surface area contributed by atoms with Crippen LogP contribution in [0.4, 0.5) is 0 Å². The van der Waals surface area contributed by atoms with Crippen molar-refractivity contribution < 1.29 is 43.0 Å². The van der Waals surface area contributed by atoms with E-state index < -0.39 is 32.5 Å². The van der Waals surface area contributed by atoms with Crippen molar-refractivity contribution >= 4 is 19.8 Å². The molecular formula is C41H73O9P. The predicted molar refractivity (Wildman–Crippen MR) is 208 cm³/mol. The quantitative estimate of drug-likeness (QED) is 0.0248. The summed E-state index contributed by atoms with van der Waals surface area (Å²) in [5.74, 6) is -0.151. The van der Waals surface area contributed by atoms with Crippen LogP contribution in [0.2, 0.25) is 0 Å². The topological polar surface area (TPSA) is 140 Å². The van der Waals surface area contributed by atoms with E-state index in [2.05, 4.69) is 54.8 Å². The summed E-state index contributed by atoms with van der Waals surface area (Å²) < 4.78 is 26.3. The number of phosphoric ester groups is 1.